The molecule has 0 amide bonds. The van der Waals surface area contributed by atoms with Gasteiger partial charge in [-0.15, -0.1) is 0 Å². The quantitative estimate of drug-likeness (QED) is 0.776. The van der Waals surface area contributed by atoms with Crippen molar-refractivity contribution in [1.29, 1.82) is 0 Å². The average molecular weight is 205 g/mol. The van der Waals surface area contributed by atoms with E-state index in [1.54, 1.807) is 32.0 Å². The predicted octanol–water partition coefficient (Wildman–Crippen LogP) is 2.60. The monoisotopic (exact) mass is 205 g/mol. The fourth-order valence-electron chi connectivity index (χ4n) is 1.67. The van der Waals surface area contributed by atoms with E-state index < -0.39 is 5.60 Å². The van der Waals surface area contributed by atoms with Gasteiger partial charge in [0, 0.05) is 11.6 Å². The zero-order valence-electron chi connectivity index (χ0n) is 8.66. The van der Waals surface area contributed by atoms with Crippen molar-refractivity contribution in [3.63, 3.8) is 0 Å². The number of aromatic nitrogens is 1. The molecule has 0 bridgehead atoms. The van der Waals surface area contributed by atoms with Gasteiger partial charge < -0.3 is 5.11 Å². The molecule has 0 saturated heterocycles. The Balaban J connectivity index is 2.83. The normalized spacial score (nSPS) is 12.0. The van der Waals surface area contributed by atoms with Crippen LogP contribution in [0.15, 0.2) is 30.5 Å². The molecular formula is C12H12FNO. The number of aliphatic hydroxyl groups is 1. The molecule has 1 aromatic heterocycles. The van der Waals surface area contributed by atoms with Crippen molar-refractivity contribution in [2.75, 3.05) is 0 Å². The lowest BCUT2D eigenvalue weighted by atomic mass is 9.95. The molecule has 1 aromatic carbocycles. The number of fused-ring (bicyclic) bond motifs is 1. The Morgan fingerprint density at radius 1 is 1.27 bits per heavy atom. The summed E-state index contributed by atoms with van der Waals surface area (Å²) in [4.78, 5) is 3.97. The summed E-state index contributed by atoms with van der Waals surface area (Å²) >= 11 is 0. The van der Waals surface area contributed by atoms with Crippen LogP contribution >= 0.6 is 0 Å². The van der Waals surface area contributed by atoms with Crippen LogP contribution < -0.4 is 0 Å². The van der Waals surface area contributed by atoms with Crippen molar-refractivity contribution in [3.8, 4) is 0 Å². The Hall–Kier alpha value is -1.48. The highest BCUT2D eigenvalue weighted by Crippen LogP contribution is 2.27. The standard InChI is InChI=1S/C12H12FNO/c1-12(2,15)9-6-7-14-11-8(9)4-3-5-10(11)13/h3-7,15H,1-2H3. The largest absolute Gasteiger partial charge is 0.386 e. The highest BCUT2D eigenvalue weighted by atomic mass is 19.1. The smallest absolute Gasteiger partial charge is 0.149 e. The zero-order chi connectivity index (χ0) is 11.1. The van der Waals surface area contributed by atoms with Gasteiger partial charge in [0.1, 0.15) is 11.3 Å². The molecule has 0 aliphatic carbocycles. The lowest BCUT2D eigenvalue weighted by molar-refractivity contribution is 0.0801. The molecule has 0 radical (unpaired) electrons. The van der Waals surface area contributed by atoms with Crippen LogP contribution in [-0.2, 0) is 5.60 Å². The topological polar surface area (TPSA) is 33.1 Å². The first kappa shape index (κ1) is 10.1. The molecule has 0 aliphatic rings. The van der Waals surface area contributed by atoms with E-state index in [4.69, 9.17) is 0 Å². The molecule has 15 heavy (non-hydrogen) atoms. The Morgan fingerprint density at radius 2 is 2.00 bits per heavy atom. The Morgan fingerprint density at radius 3 is 2.67 bits per heavy atom. The summed E-state index contributed by atoms with van der Waals surface area (Å²) < 4.78 is 13.4. The van der Waals surface area contributed by atoms with E-state index >= 15 is 0 Å². The van der Waals surface area contributed by atoms with Gasteiger partial charge in [0.05, 0.1) is 5.60 Å². The van der Waals surface area contributed by atoms with Crippen molar-refractivity contribution < 1.29 is 9.50 Å². The number of benzene rings is 1. The minimum atomic E-state index is -0.991. The molecule has 78 valence electrons. The minimum absolute atomic E-state index is 0.303. The lowest BCUT2D eigenvalue weighted by Gasteiger charge is -2.19. The van der Waals surface area contributed by atoms with Crippen molar-refractivity contribution in [2.45, 2.75) is 19.4 Å². The summed E-state index contributed by atoms with van der Waals surface area (Å²) in [5, 5.41) is 10.6. The first-order valence-corrected chi connectivity index (χ1v) is 4.76. The Labute approximate surface area is 87.4 Å². The van der Waals surface area contributed by atoms with Gasteiger partial charge in [-0.1, -0.05) is 12.1 Å². The SMILES string of the molecule is CC(C)(O)c1ccnc2c(F)cccc12. The number of rotatable bonds is 1. The molecule has 0 unspecified atom stereocenters. The Kier molecular flexibility index (Phi) is 2.20. The lowest BCUT2D eigenvalue weighted by Crippen LogP contribution is -2.16. The first-order chi connectivity index (χ1) is 7.00. The molecule has 2 aromatic rings. The maximum absolute atomic E-state index is 13.4. The van der Waals surface area contributed by atoms with E-state index in [1.165, 1.54) is 12.3 Å². The first-order valence-electron chi connectivity index (χ1n) is 4.76. The van der Waals surface area contributed by atoms with Crippen molar-refractivity contribution in [3.05, 3.63) is 41.8 Å². The summed E-state index contributed by atoms with van der Waals surface area (Å²) in [6.45, 7) is 3.35. The van der Waals surface area contributed by atoms with E-state index in [-0.39, 0.29) is 5.82 Å². The molecular weight excluding hydrogens is 193 g/mol. The molecule has 2 rings (SSSR count). The second-order valence-electron chi connectivity index (χ2n) is 4.05. The number of nitrogens with zero attached hydrogens (tertiary/aromatic N) is 1. The van der Waals surface area contributed by atoms with E-state index in [0.717, 1.165) is 0 Å². The highest BCUT2D eigenvalue weighted by Gasteiger charge is 2.19. The van der Waals surface area contributed by atoms with Gasteiger partial charge in [0.25, 0.3) is 0 Å². The van der Waals surface area contributed by atoms with Crippen LogP contribution in [0.25, 0.3) is 10.9 Å². The third-order valence-corrected chi connectivity index (χ3v) is 2.38. The summed E-state index contributed by atoms with van der Waals surface area (Å²) in [5.74, 6) is -0.362. The second-order valence-corrected chi connectivity index (χ2v) is 4.05. The number of pyridine rings is 1. The molecule has 1 N–H and O–H groups in total. The Bertz CT molecular complexity index is 502. The van der Waals surface area contributed by atoms with Crippen LogP contribution in [0.2, 0.25) is 0 Å². The summed E-state index contributed by atoms with van der Waals surface area (Å²) in [6, 6.07) is 6.46. The molecule has 2 nitrogen and oxygen atoms in total. The number of hydrogen-bond acceptors (Lipinski definition) is 2. The molecule has 0 aliphatic heterocycles. The summed E-state index contributed by atoms with van der Waals surface area (Å²) in [7, 11) is 0. The molecule has 0 saturated carbocycles. The van der Waals surface area contributed by atoms with Crippen LogP contribution in [0.5, 0.6) is 0 Å². The van der Waals surface area contributed by atoms with Gasteiger partial charge in [-0.05, 0) is 31.5 Å². The van der Waals surface area contributed by atoms with Gasteiger partial charge >= 0.3 is 0 Å². The van der Waals surface area contributed by atoms with Gasteiger partial charge in [0.15, 0.2) is 0 Å². The molecule has 0 atom stereocenters. The fraction of sp³-hybridized carbons (Fsp3) is 0.250. The average Bonchev–Trinajstić information content (AvgIpc) is 2.16. The highest BCUT2D eigenvalue weighted by molar-refractivity contribution is 5.83. The summed E-state index contributed by atoms with van der Waals surface area (Å²) in [6.07, 6.45) is 1.51. The van der Waals surface area contributed by atoms with Crippen LogP contribution in [0.3, 0.4) is 0 Å². The zero-order valence-corrected chi connectivity index (χ0v) is 8.66. The van der Waals surface area contributed by atoms with Crippen molar-refractivity contribution >= 4 is 10.9 Å². The van der Waals surface area contributed by atoms with E-state index in [9.17, 15) is 9.50 Å². The molecule has 3 heteroatoms. The van der Waals surface area contributed by atoms with Gasteiger partial charge in [-0.3, -0.25) is 4.98 Å². The van der Waals surface area contributed by atoms with E-state index in [1.807, 2.05) is 0 Å². The summed E-state index contributed by atoms with van der Waals surface area (Å²) in [5.41, 5.74) is -0.00116. The third kappa shape index (κ3) is 1.70. The number of halogens is 1. The third-order valence-electron chi connectivity index (χ3n) is 2.38. The molecule has 0 fully saturated rings. The molecule has 1 heterocycles. The maximum Gasteiger partial charge on any atom is 0.149 e. The van der Waals surface area contributed by atoms with Crippen LogP contribution in [0, 0.1) is 5.82 Å². The van der Waals surface area contributed by atoms with Crippen LogP contribution in [-0.4, -0.2) is 10.1 Å². The van der Waals surface area contributed by atoms with Crippen LogP contribution in [0.4, 0.5) is 4.39 Å². The fourth-order valence-corrected chi connectivity index (χ4v) is 1.67. The molecule has 0 spiro atoms. The van der Waals surface area contributed by atoms with Gasteiger partial charge in [-0.2, -0.15) is 0 Å². The van der Waals surface area contributed by atoms with Crippen molar-refractivity contribution in [1.82, 2.24) is 4.98 Å². The maximum atomic E-state index is 13.4. The predicted molar refractivity (Wildman–Crippen MR) is 56.9 cm³/mol. The van der Waals surface area contributed by atoms with Gasteiger partial charge in [-0.25, -0.2) is 4.39 Å². The minimum Gasteiger partial charge on any atom is -0.386 e. The number of hydrogen-bond donors (Lipinski definition) is 1. The van der Waals surface area contributed by atoms with Gasteiger partial charge in [0.2, 0.25) is 0 Å². The van der Waals surface area contributed by atoms with Crippen LogP contribution in [0.1, 0.15) is 19.4 Å². The van der Waals surface area contributed by atoms with E-state index in [0.29, 0.717) is 16.5 Å². The second kappa shape index (κ2) is 3.28. The van der Waals surface area contributed by atoms with E-state index in [2.05, 4.69) is 4.98 Å². The number of para-hydroxylation sites is 1. The van der Waals surface area contributed by atoms with Crippen molar-refractivity contribution in [2.24, 2.45) is 0 Å².